The minimum absolute atomic E-state index is 0.824. The van der Waals surface area contributed by atoms with Gasteiger partial charge in [-0.3, -0.25) is 0 Å². The van der Waals surface area contributed by atoms with Gasteiger partial charge in [-0.25, -0.2) is 0 Å². The third kappa shape index (κ3) is 2.70. The summed E-state index contributed by atoms with van der Waals surface area (Å²) in [7, 11) is 0. The van der Waals surface area contributed by atoms with Gasteiger partial charge in [-0.1, -0.05) is 26.7 Å². The van der Waals surface area contributed by atoms with Crippen molar-refractivity contribution in [2.75, 3.05) is 0 Å². The van der Waals surface area contributed by atoms with Crippen molar-refractivity contribution in [3.63, 3.8) is 0 Å². The van der Waals surface area contributed by atoms with E-state index in [9.17, 15) is 0 Å². The quantitative estimate of drug-likeness (QED) is 0.548. The molecule has 4 rings (SSSR count). The first kappa shape index (κ1) is 14.9. The summed E-state index contributed by atoms with van der Waals surface area (Å²) in [6.45, 7) is 5.08. The van der Waals surface area contributed by atoms with Gasteiger partial charge in [0.15, 0.2) is 0 Å². The van der Waals surface area contributed by atoms with Crippen LogP contribution in [0.15, 0.2) is 0 Å². The van der Waals surface area contributed by atoms with Crippen LogP contribution in [0, 0.1) is 29.1 Å². The minimum atomic E-state index is 0.824. The molecular weight excluding hydrogens is 272 g/mol. The molecule has 120 valence electrons. The van der Waals surface area contributed by atoms with Crippen molar-refractivity contribution in [1.29, 1.82) is 0 Å². The molecule has 3 aliphatic carbocycles. The van der Waals surface area contributed by atoms with Crippen LogP contribution in [-0.4, -0.2) is 10.5 Å². The van der Waals surface area contributed by atoms with E-state index < -0.39 is 0 Å². The molecule has 3 saturated carbocycles. The highest BCUT2D eigenvalue weighted by molar-refractivity contribution is 8.00. The van der Waals surface area contributed by atoms with Gasteiger partial charge in [-0.2, -0.15) is 11.8 Å². The fraction of sp³-hybridized carbons (Fsp3) is 1.00. The second-order valence-electron chi connectivity index (χ2n) is 9.08. The molecule has 0 amide bonds. The van der Waals surface area contributed by atoms with Gasteiger partial charge in [0.05, 0.1) is 0 Å². The number of fused-ring (bicyclic) bond motifs is 1. The Balaban J connectivity index is 1.43. The highest BCUT2D eigenvalue weighted by atomic mass is 32.2. The van der Waals surface area contributed by atoms with Gasteiger partial charge in [0, 0.05) is 10.5 Å². The molecule has 1 saturated heterocycles. The van der Waals surface area contributed by atoms with E-state index >= 15 is 0 Å². The minimum Gasteiger partial charge on any atom is -0.155 e. The maximum Gasteiger partial charge on any atom is 0.00814 e. The lowest BCUT2D eigenvalue weighted by molar-refractivity contribution is 0.0867. The van der Waals surface area contributed by atoms with Gasteiger partial charge in [0.1, 0.15) is 0 Å². The van der Waals surface area contributed by atoms with E-state index in [2.05, 4.69) is 25.6 Å². The molecule has 0 aromatic rings. The monoisotopic (exact) mass is 306 g/mol. The fourth-order valence-corrected chi connectivity index (χ4v) is 8.60. The van der Waals surface area contributed by atoms with Crippen molar-refractivity contribution >= 4 is 11.8 Å². The fourth-order valence-electron chi connectivity index (χ4n) is 6.68. The Kier molecular flexibility index (Phi) is 4.09. The second kappa shape index (κ2) is 5.77. The molecule has 0 aromatic heterocycles. The number of rotatable bonds is 1. The SMILES string of the molecule is CC1CCC2SC(C)C(C3CCC4(CCCC4)CC3)C2C1. The van der Waals surface area contributed by atoms with Crippen LogP contribution >= 0.6 is 11.8 Å². The largest absolute Gasteiger partial charge is 0.155 e. The zero-order valence-corrected chi connectivity index (χ0v) is 15.0. The van der Waals surface area contributed by atoms with E-state index in [0.29, 0.717) is 0 Å². The average Bonchev–Trinajstić information content (AvgIpc) is 3.05. The zero-order valence-electron chi connectivity index (χ0n) is 14.2. The van der Waals surface area contributed by atoms with Crippen LogP contribution in [-0.2, 0) is 0 Å². The summed E-state index contributed by atoms with van der Waals surface area (Å²) >= 11 is 2.38. The summed E-state index contributed by atoms with van der Waals surface area (Å²) in [6, 6.07) is 0. The summed E-state index contributed by atoms with van der Waals surface area (Å²) < 4.78 is 0. The molecule has 1 heterocycles. The Hall–Kier alpha value is 0.350. The van der Waals surface area contributed by atoms with E-state index in [4.69, 9.17) is 0 Å². The Labute approximate surface area is 136 Å². The van der Waals surface area contributed by atoms with Crippen molar-refractivity contribution in [3.8, 4) is 0 Å². The molecule has 0 radical (unpaired) electrons. The van der Waals surface area contributed by atoms with E-state index in [1.165, 1.54) is 25.7 Å². The van der Waals surface area contributed by atoms with Crippen LogP contribution in [0.25, 0.3) is 0 Å². The molecule has 0 N–H and O–H groups in total. The first-order valence-electron chi connectivity index (χ1n) is 9.82. The Morgan fingerprint density at radius 3 is 2.29 bits per heavy atom. The molecule has 5 unspecified atom stereocenters. The molecule has 1 heteroatoms. The normalized spacial score (nSPS) is 46.9. The molecule has 4 aliphatic rings. The van der Waals surface area contributed by atoms with E-state index in [0.717, 1.165) is 39.6 Å². The highest BCUT2D eigenvalue weighted by Crippen LogP contribution is 2.58. The van der Waals surface area contributed by atoms with E-state index in [1.54, 1.807) is 44.9 Å². The van der Waals surface area contributed by atoms with Crippen molar-refractivity contribution in [1.82, 2.24) is 0 Å². The molecule has 0 nitrogen and oxygen atoms in total. The van der Waals surface area contributed by atoms with Crippen molar-refractivity contribution < 1.29 is 0 Å². The van der Waals surface area contributed by atoms with Gasteiger partial charge >= 0.3 is 0 Å². The van der Waals surface area contributed by atoms with Gasteiger partial charge in [0.2, 0.25) is 0 Å². The van der Waals surface area contributed by atoms with Crippen LogP contribution < -0.4 is 0 Å². The topological polar surface area (TPSA) is 0 Å². The lowest BCUT2D eigenvalue weighted by Gasteiger charge is -2.43. The van der Waals surface area contributed by atoms with Gasteiger partial charge in [0.25, 0.3) is 0 Å². The predicted molar refractivity (Wildman–Crippen MR) is 93.7 cm³/mol. The standard InChI is InChI=1S/C20H34S/c1-14-5-6-18-17(13-14)19(15(2)21-18)16-7-11-20(12-8-16)9-3-4-10-20/h14-19H,3-13H2,1-2H3. The molecule has 1 aliphatic heterocycles. The van der Waals surface area contributed by atoms with Crippen LogP contribution in [0.4, 0.5) is 0 Å². The average molecular weight is 307 g/mol. The van der Waals surface area contributed by atoms with Crippen molar-refractivity contribution in [2.45, 2.75) is 95.0 Å². The highest BCUT2D eigenvalue weighted by Gasteiger charge is 2.49. The lowest BCUT2D eigenvalue weighted by Crippen LogP contribution is -2.36. The second-order valence-corrected chi connectivity index (χ2v) is 10.7. The van der Waals surface area contributed by atoms with Gasteiger partial charge in [-0.15, -0.1) is 0 Å². The molecule has 0 aromatic carbocycles. The van der Waals surface area contributed by atoms with Crippen LogP contribution in [0.5, 0.6) is 0 Å². The Morgan fingerprint density at radius 1 is 0.857 bits per heavy atom. The maximum absolute atomic E-state index is 2.57. The summed E-state index contributed by atoms with van der Waals surface area (Å²) in [5, 5.41) is 1.98. The molecule has 4 fully saturated rings. The molecule has 0 bridgehead atoms. The first-order valence-corrected chi connectivity index (χ1v) is 10.8. The summed E-state index contributed by atoms with van der Waals surface area (Å²) in [5.41, 5.74) is 0.824. The number of hydrogen-bond donors (Lipinski definition) is 0. The smallest absolute Gasteiger partial charge is 0.00814 e. The maximum atomic E-state index is 2.57. The van der Waals surface area contributed by atoms with Crippen LogP contribution in [0.1, 0.15) is 84.5 Å². The lowest BCUT2D eigenvalue weighted by atomic mass is 9.62. The van der Waals surface area contributed by atoms with Gasteiger partial charge in [-0.05, 0) is 86.9 Å². The van der Waals surface area contributed by atoms with Gasteiger partial charge < -0.3 is 0 Å². The third-order valence-electron chi connectivity index (χ3n) is 7.82. The Morgan fingerprint density at radius 2 is 1.57 bits per heavy atom. The summed E-state index contributed by atoms with van der Waals surface area (Å²) in [6.07, 6.45) is 17.1. The van der Waals surface area contributed by atoms with Crippen molar-refractivity contribution in [3.05, 3.63) is 0 Å². The van der Waals surface area contributed by atoms with Crippen molar-refractivity contribution in [2.24, 2.45) is 29.1 Å². The summed E-state index contributed by atoms with van der Waals surface area (Å²) in [4.78, 5) is 0. The zero-order chi connectivity index (χ0) is 14.4. The molecule has 21 heavy (non-hydrogen) atoms. The van der Waals surface area contributed by atoms with Crippen LogP contribution in [0.2, 0.25) is 0 Å². The van der Waals surface area contributed by atoms with E-state index in [-0.39, 0.29) is 0 Å². The number of thioether (sulfide) groups is 1. The van der Waals surface area contributed by atoms with Crippen LogP contribution in [0.3, 0.4) is 0 Å². The molecule has 5 atom stereocenters. The Bertz CT molecular complexity index is 360. The molecular formula is C20H34S. The third-order valence-corrected chi connectivity index (χ3v) is 9.50. The van der Waals surface area contributed by atoms with E-state index in [1.807, 2.05) is 0 Å². The number of hydrogen-bond acceptors (Lipinski definition) is 1. The first-order chi connectivity index (χ1) is 10.2. The predicted octanol–water partition coefficient (Wildman–Crippen LogP) is 6.29. The molecule has 1 spiro atoms. The summed E-state index contributed by atoms with van der Waals surface area (Å²) in [5.74, 6) is 4.24.